The maximum absolute atomic E-state index is 12.2. The summed E-state index contributed by atoms with van der Waals surface area (Å²) < 4.78 is 10.8. The molecule has 1 aromatic carbocycles. The van der Waals surface area contributed by atoms with Crippen molar-refractivity contribution in [3.63, 3.8) is 0 Å². The molecular formula is C18H23N3O3. The standard InChI is InChI=1S/C18H23N3O3/c1-11-7-13(23-3)8-17(24-4)14(11)9-21-6-5-16-15(10-21)18(22)20-12(2)19-16/h7-8H,5-6,9-10H2,1-4H3,(H,19,20,22). The molecule has 2 heterocycles. The first-order chi connectivity index (χ1) is 11.5. The molecule has 0 saturated heterocycles. The molecule has 1 N–H and O–H groups in total. The van der Waals surface area contributed by atoms with Gasteiger partial charge in [0.15, 0.2) is 0 Å². The minimum absolute atomic E-state index is 0.0272. The predicted molar refractivity (Wildman–Crippen MR) is 91.7 cm³/mol. The summed E-state index contributed by atoms with van der Waals surface area (Å²) in [5.74, 6) is 2.28. The molecule has 0 radical (unpaired) electrons. The van der Waals surface area contributed by atoms with Crippen LogP contribution in [-0.2, 0) is 19.5 Å². The summed E-state index contributed by atoms with van der Waals surface area (Å²) >= 11 is 0. The topological polar surface area (TPSA) is 67.5 Å². The van der Waals surface area contributed by atoms with Gasteiger partial charge in [0, 0.05) is 37.7 Å². The van der Waals surface area contributed by atoms with Gasteiger partial charge in [0.25, 0.3) is 5.56 Å². The van der Waals surface area contributed by atoms with Crippen molar-refractivity contribution >= 4 is 0 Å². The fourth-order valence-electron chi connectivity index (χ4n) is 3.22. The van der Waals surface area contributed by atoms with Gasteiger partial charge >= 0.3 is 0 Å². The number of hydrogen-bond donors (Lipinski definition) is 1. The van der Waals surface area contributed by atoms with E-state index in [2.05, 4.69) is 21.8 Å². The summed E-state index contributed by atoms with van der Waals surface area (Å²) in [5, 5.41) is 0. The lowest BCUT2D eigenvalue weighted by Gasteiger charge is -2.28. The highest BCUT2D eigenvalue weighted by atomic mass is 16.5. The molecule has 0 bridgehead atoms. The van der Waals surface area contributed by atoms with E-state index in [-0.39, 0.29) is 5.56 Å². The number of ether oxygens (including phenoxy) is 2. The summed E-state index contributed by atoms with van der Waals surface area (Å²) in [5.41, 5.74) is 3.91. The Hall–Kier alpha value is -2.34. The average Bonchev–Trinajstić information content (AvgIpc) is 2.56. The number of fused-ring (bicyclic) bond motifs is 1. The number of rotatable bonds is 4. The Morgan fingerprint density at radius 1 is 1.25 bits per heavy atom. The Morgan fingerprint density at radius 2 is 2.04 bits per heavy atom. The molecule has 0 saturated carbocycles. The smallest absolute Gasteiger partial charge is 0.255 e. The van der Waals surface area contributed by atoms with E-state index in [1.54, 1.807) is 14.2 Å². The van der Waals surface area contributed by atoms with Crippen molar-refractivity contribution < 1.29 is 9.47 Å². The molecule has 0 fully saturated rings. The molecule has 1 aliphatic heterocycles. The molecule has 3 rings (SSSR count). The summed E-state index contributed by atoms with van der Waals surface area (Å²) in [6, 6.07) is 3.91. The van der Waals surface area contributed by atoms with E-state index in [9.17, 15) is 4.79 Å². The van der Waals surface area contributed by atoms with E-state index in [0.29, 0.717) is 12.4 Å². The fraction of sp³-hybridized carbons (Fsp3) is 0.444. The van der Waals surface area contributed by atoms with Crippen LogP contribution in [0, 0.1) is 13.8 Å². The first-order valence-electron chi connectivity index (χ1n) is 8.04. The maximum Gasteiger partial charge on any atom is 0.255 e. The third-order valence-electron chi connectivity index (χ3n) is 4.51. The van der Waals surface area contributed by atoms with Crippen LogP contribution in [0.2, 0.25) is 0 Å². The number of aromatic nitrogens is 2. The highest BCUT2D eigenvalue weighted by Crippen LogP contribution is 2.30. The highest BCUT2D eigenvalue weighted by molar-refractivity contribution is 5.46. The van der Waals surface area contributed by atoms with Crippen molar-refractivity contribution in [3.8, 4) is 11.5 Å². The van der Waals surface area contributed by atoms with Gasteiger partial charge in [-0.2, -0.15) is 0 Å². The molecule has 0 spiro atoms. The van der Waals surface area contributed by atoms with Crippen molar-refractivity contribution in [1.29, 1.82) is 0 Å². The molecule has 1 aliphatic rings. The molecule has 1 aromatic heterocycles. The van der Waals surface area contributed by atoms with Crippen LogP contribution in [0.25, 0.3) is 0 Å². The van der Waals surface area contributed by atoms with Crippen LogP contribution in [0.4, 0.5) is 0 Å². The average molecular weight is 329 g/mol. The predicted octanol–water partition coefficient (Wildman–Crippen LogP) is 1.96. The molecule has 0 amide bonds. The van der Waals surface area contributed by atoms with Crippen molar-refractivity contribution in [2.24, 2.45) is 0 Å². The number of aromatic amines is 1. The number of hydrogen-bond acceptors (Lipinski definition) is 5. The molecule has 24 heavy (non-hydrogen) atoms. The Labute approximate surface area is 141 Å². The minimum atomic E-state index is -0.0272. The largest absolute Gasteiger partial charge is 0.497 e. The van der Waals surface area contributed by atoms with Gasteiger partial charge in [-0.3, -0.25) is 9.69 Å². The Morgan fingerprint density at radius 3 is 2.75 bits per heavy atom. The Bertz CT molecular complexity index is 814. The van der Waals surface area contributed by atoms with Crippen molar-refractivity contribution in [3.05, 3.63) is 50.7 Å². The van der Waals surface area contributed by atoms with Crippen LogP contribution in [0.3, 0.4) is 0 Å². The normalized spacial score (nSPS) is 14.3. The fourth-order valence-corrected chi connectivity index (χ4v) is 3.22. The Kier molecular flexibility index (Phi) is 4.57. The van der Waals surface area contributed by atoms with Gasteiger partial charge in [0.2, 0.25) is 0 Å². The third-order valence-corrected chi connectivity index (χ3v) is 4.51. The number of aryl methyl sites for hydroxylation is 2. The minimum Gasteiger partial charge on any atom is -0.497 e. The van der Waals surface area contributed by atoms with Gasteiger partial charge < -0.3 is 14.5 Å². The summed E-state index contributed by atoms with van der Waals surface area (Å²) in [6.45, 7) is 6.07. The van der Waals surface area contributed by atoms with E-state index in [1.807, 2.05) is 19.1 Å². The molecule has 6 heteroatoms. The van der Waals surface area contributed by atoms with Crippen LogP contribution in [0.1, 0.15) is 28.2 Å². The molecule has 0 atom stereocenters. The number of benzene rings is 1. The van der Waals surface area contributed by atoms with E-state index >= 15 is 0 Å². The van der Waals surface area contributed by atoms with Gasteiger partial charge in [0.05, 0.1) is 25.5 Å². The summed E-state index contributed by atoms with van der Waals surface area (Å²) in [6.07, 6.45) is 0.789. The van der Waals surface area contributed by atoms with E-state index in [4.69, 9.17) is 9.47 Å². The van der Waals surface area contributed by atoms with Crippen molar-refractivity contribution in [2.75, 3.05) is 20.8 Å². The van der Waals surface area contributed by atoms with Crippen molar-refractivity contribution in [1.82, 2.24) is 14.9 Å². The van der Waals surface area contributed by atoms with Gasteiger partial charge in [-0.1, -0.05) is 0 Å². The molecule has 6 nitrogen and oxygen atoms in total. The van der Waals surface area contributed by atoms with E-state index < -0.39 is 0 Å². The number of nitrogens with one attached hydrogen (secondary N) is 1. The lowest BCUT2D eigenvalue weighted by Crippen LogP contribution is -2.35. The first kappa shape index (κ1) is 16.5. The third kappa shape index (κ3) is 3.14. The second-order valence-electron chi connectivity index (χ2n) is 6.16. The van der Waals surface area contributed by atoms with Gasteiger partial charge in [-0.05, 0) is 25.5 Å². The first-order valence-corrected chi connectivity index (χ1v) is 8.04. The lowest BCUT2D eigenvalue weighted by molar-refractivity contribution is 0.237. The zero-order valence-electron chi connectivity index (χ0n) is 14.6. The molecule has 128 valence electrons. The zero-order chi connectivity index (χ0) is 17.3. The number of nitrogens with zero attached hydrogens (tertiary/aromatic N) is 2. The van der Waals surface area contributed by atoms with Crippen LogP contribution < -0.4 is 15.0 Å². The molecule has 2 aromatic rings. The number of H-pyrrole nitrogens is 1. The molecule has 0 unspecified atom stereocenters. The zero-order valence-corrected chi connectivity index (χ0v) is 14.6. The molecule has 0 aliphatic carbocycles. The number of methoxy groups -OCH3 is 2. The second kappa shape index (κ2) is 6.65. The van der Waals surface area contributed by atoms with Crippen LogP contribution in [0.15, 0.2) is 16.9 Å². The lowest BCUT2D eigenvalue weighted by atomic mass is 10.0. The second-order valence-corrected chi connectivity index (χ2v) is 6.16. The SMILES string of the molecule is COc1cc(C)c(CN2CCc3nc(C)[nH]c(=O)c3C2)c(OC)c1. The van der Waals surface area contributed by atoms with Crippen molar-refractivity contribution in [2.45, 2.75) is 33.4 Å². The van der Waals surface area contributed by atoms with Crippen LogP contribution >= 0.6 is 0 Å². The van der Waals surface area contributed by atoms with E-state index in [0.717, 1.165) is 53.4 Å². The maximum atomic E-state index is 12.2. The van der Waals surface area contributed by atoms with Crippen LogP contribution in [0.5, 0.6) is 11.5 Å². The van der Waals surface area contributed by atoms with Gasteiger partial charge in [-0.15, -0.1) is 0 Å². The summed E-state index contributed by atoms with van der Waals surface area (Å²) in [4.78, 5) is 21.7. The highest BCUT2D eigenvalue weighted by Gasteiger charge is 2.22. The molecular weight excluding hydrogens is 306 g/mol. The van der Waals surface area contributed by atoms with E-state index in [1.165, 1.54) is 0 Å². The monoisotopic (exact) mass is 329 g/mol. The van der Waals surface area contributed by atoms with Crippen LogP contribution in [-0.4, -0.2) is 35.6 Å². The van der Waals surface area contributed by atoms with Gasteiger partial charge in [0.1, 0.15) is 17.3 Å². The Balaban J connectivity index is 1.87. The van der Waals surface area contributed by atoms with Gasteiger partial charge in [-0.25, -0.2) is 4.98 Å². The quantitative estimate of drug-likeness (QED) is 0.929. The summed E-state index contributed by atoms with van der Waals surface area (Å²) in [7, 11) is 3.32.